The molecular weight excluding hydrogens is 1160 g/mol. The molecule has 4 aromatic carbocycles. The summed E-state index contributed by atoms with van der Waals surface area (Å²) in [5.41, 5.74) is 12.9. The normalized spacial score (nSPS) is 12.1. The van der Waals surface area contributed by atoms with Gasteiger partial charge < -0.3 is 69.7 Å². The lowest BCUT2D eigenvalue weighted by atomic mass is 10.1. The van der Waals surface area contributed by atoms with E-state index in [9.17, 15) is 20.4 Å². The number of nitrogens with one attached hydrogen (secondary N) is 3. The van der Waals surface area contributed by atoms with Gasteiger partial charge in [-0.1, -0.05) is 120 Å². The third-order valence-electron chi connectivity index (χ3n) is 15.2. The SMILES string of the molecule is Cc1ccc(CNc2nc(N(CC(C)O)CC(C)O)nc3c2ncn3C(C)C)cc1.Cc1ccc(CNc2nc(N(CCN(C)C)Cc3ccccc3)nc3c2ncn3C(C)C)cc1.Cc1ccc(CNc2nc(N(CCO)CCO)nc3c2ncn3C(C)C)cc1. The van der Waals surface area contributed by atoms with Crippen LogP contribution in [-0.4, -0.2) is 163 Å². The van der Waals surface area contributed by atoms with Gasteiger partial charge in [0.2, 0.25) is 17.8 Å². The number of aryl methyl sites for hydroxylation is 3. The van der Waals surface area contributed by atoms with Crippen LogP contribution in [0.1, 0.15) is 112 Å². The second kappa shape index (κ2) is 32.9. The number of rotatable bonds is 28. The molecule has 490 valence electrons. The second-order valence-corrected chi connectivity index (χ2v) is 24.6. The van der Waals surface area contributed by atoms with Gasteiger partial charge in [0.25, 0.3) is 0 Å². The van der Waals surface area contributed by atoms with Crippen LogP contribution in [0.3, 0.4) is 0 Å². The molecule has 0 fully saturated rings. The van der Waals surface area contributed by atoms with Gasteiger partial charge in [-0.25, -0.2) is 15.0 Å². The van der Waals surface area contributed by atoms with Crippen LogP contribution >= 0.6 is 0 Å². The molecule has 0 aliphatic carbocycles. The Morgan fingerprint density at radius 1 is 0.402 bits per heavy atom. The molecule has 92 heavy (non-hydrogen) atoms. The first-order valence-electron chi connectivity index (χ1n) is 31.8. The van der Waals surface area contributed by atoms with E-state index in [4.69, 9.17) is 19.9 Å². The molecule has 23 heteroatoms. The summed E-state index contributed by atoms with van der Waals surface area (Å²) in [4.78, 5) is 50.5. The zero-order chi connectivity index (χ0) is 66.0. The molecule has 7 N–H and O–H groups in total. The molecule has 0 saturated carbocycles. The molecule has 0 aliphatic rings. The third kappa shape index (κ3) is 18.9. The van der Waals surface area contributed by atoms with Crippen LogP contribution in [0, 0.1) is 20.8 Å². The molecule has 6 heterocycles. The molecule has 10 aromatic rings. The maximum Gasteiger partial charge on any atom is 0.229 e. The van der Waals surface area contributed by atoms with E-state index in [0.29, 0.717) is 86.3 Å². The zero-order valence-corrected chi connectivity index (χ0v) is 55.9. The highest BCUT2D eigenvalue weighted by atomic mass is 16.3. The van der Waals surface area contributed by atoms with Gasteiger partial charge in [0.05, 0.1) is 44.4 Å². The highest BCUT2D eigenvalue weighted by Crippen LogP contribution is 2.29. The Labute approximate surface area is 541 Å². The number of aliphatic hydroxyl groups excluding tert-OH is 4. The van der Waals surface area contributed by atoms with Gasteiger partial charge in [0.15, 0.2) is 50.9 Å². The summed E-state index contributed by atoms with van der Waals surface area (Å²) < 4.78 is 6.11. The summed E-state index contributed by atoms with van der Waals surface area (Å²) in [6, 6.07) is 36.3. The fourth-order valence-electron chi connectivity index (χ4n) is 10.1. The molecular formula is C69H95N19O4. The summed E-state index contributed by atoms with van der Waals surface area (Å²) in [7, 11) is 4.18. The fraction of sp³-hybridized carbons (Fsp3) is 0.435. The van der Waals surface area contributed by atoms with E-state index < -0.39 is 12.2 Å². The molecule has 6 aromatic heterocycles. The Bertz CT molecular complexity index is 3850. The van der Waals surface area contributed by atoms with Crippen LogP contribution in [0.15, 0.2) is 122 Å². The number of hydrogen-bond donors (Lipinski definition) is 7. The topological polar surface area (TPSA) is 261 Å². The Hall–Kier alpha value is -8.87. The first-order chi connectivity index (χ1) is 44.2. The molecule has 0 spiro atoms. The highest BCUT2D eigenvalue weighted by molar-refractivity contribution is 5.86. The van der Waals surface area contributed by atoms with Crippen molar-refractivity contribution >= 4 is 68.8 Å². The van der Waals surface area contributed by atoms with Crippen molar-refractivity contribution in [1.29, 1.82) is 0 Å². The van der Waals surface area contributed by atoms with Gasteiger partial charge in [-0.15, -0.1) is 0 Å². The number of imidazole rings is 3. The number of nitrogens with zero attached hydrogens (tertiary/aromatic N) is 16. The molecule has 0 bridgehead atoms. The van der Waals surface area contributed by atoms with Crippen molar-refractivity contribution in [2.75, 3.05) is 97.2 Å². The lowest BCUT2D eigenvalue weighted by Crippen LogP contribution is -2.37. The van der Waals surface area contributed by atoms with Gasteiger partial charge in [-0.05, 0) is 113 Å². The van der Waals surface area contributed by atoms with E-state index in [-0.39, 0.29) is 31.3 Å². The van der Waals surface area contributed by atoms with Crippen molar-refractivity contribution in [2.45, 2.75) is 133 Å². The Morgan fingerprint density at radius 3 is 1.05 bits per heavy atom. The van der Waals surface area contributed by atoms with E-state index in [1.807, 2.05) is 26.4 Å². The second-order valence-electron chi connectivity index (χ2n) is 24.6. The summed E-state index contributed by atoms with van der Waals surface area (Å²) >= 11 is 0. The van der Waals surface area contributed by atoms with E-state index >= 15 is 0 Å². The predicted octanol–water partition coefficient (Wildman–Crippen LogP) is 9.91. The summed E-state index contributed by atoms with van der Waals surface area (Å²) in [6.45, 7) is 27.9. The van der Waals surface area contributed by atoms with Crippen molar-refractivity contribution in [3.63, 3.8) is 0 Å². The minimum Gasteiger partial charge on any atom is -0.395 e. The van der Waals surface area contributed by atoms with E-state index in [1.54, 1.807) is 31.4 Å². The highest BCUT2D eigenvalue weighted by Gasteiger charge is 2.23. The molecule has 10 rings (SSSR count). The van der Waals surface area contributed by atoms with Crippen molar-refractivity contribution in [3.05, 3.63) is 161 Å². The number of aromatic nitrogens is 12. The number of hydrogen-bond acceptors (Lipinski definition) is 20. The minimum atomic E-state index is -0.581. The number of aliphatic hydroxyl groups is 4. The largest absolute Gasteiger partial charge is 0.395 e. The fourth-order valence-corrected chi connectivity index (χ4v) is 10.1. The maximum absolute atomic E-state index is 9.94. The van der Waals surface area contributed by atoms with Crippen molar-refractivity contribution < 1.29 is 20.4 Å². The van der Waals surface area contributed by atoms with Crippen LogP contribution in [0.25, 0.3) is 33.5 Å². The lowest BCUT2D eigenvalue weighted by Gasteiger charge is -2.26. The number of likely N-dealkylation sites (N-methyl/N-ethyl adjacent to an activating group) is 1. The van der Waals surface area contributed by atoms with Gasteiger partial charge in [-0.2, -0.15) is 29.9 Å². The Kier molecular flexibility index (Phi) is 24.7. The van der Waals surface area contributed by atoms with Crippen LogP contribution in [0.5, 0.6) is 0 Å². The van der Waals surface area contributed by atoms with Crippen molar-refractivity contribution in [3.8, 4) is 0 Å². The summed E-state index contributed by atoms with van der Waals surface area (Å²) in [5.74, 6) is 3.68. The smallest absolute Gasteiger partial charge is 0.229 e. The molecule has 0 saturated heterocycles. The van der Waals surface area contributed by atoms with Crippen molar-refractivity contribution in [1.82, 2.24) is 63.5 Å². The molecule has 2 unspecified atom stereocenters. The van der Waals surface area contributed by atoms with Crippen molar-refractivity contribution in [2.24, 2.45) is 0 Å². The first kappa shape index (κ1) is 69.0. The first-order valence-corrected chi connectivity index (χ1v) is 31.8. The predicted molar refractivity (Wildman–Crippen MR) is 371 cm³/mol. The molecule has 0 aliphatic heterocycles. The van der Waals surface area contributed by atoms with E-state index in [1.165, 1.54) is 27.8 Å². The van der Waals surface area contributed by atoms with Crippen LogP contribution in [0.2, 0.25) is 0 Å². The van der Waals surface area contributed by atoms with Crippen LogP contribution in [0.4, 0.5) is 35.3 Å². The minimum absolute atomic E-state index is 0.0447. The van der Waals surface area contributed by atoms with E-state index in [2.05, 4.69) is 229 Å². The average Bonchev–Trinajstić information content (AvgIpc) is 1.78. The summed E-state index contributed by atoms with van der Waals surface area (Å²) in [6.07, 6.45) is 4.25. The average molecular weight is 1250 g/mol. The molecule has 23 nitrogen and oxygen atoms in total. The number of benzene rings is 4. The Balaban J connectivity index is 0.000000179. The van der Waals surface area contributed by atoms with Gasteiger partial charge in [0.1, 0.15) is 0 Å². The van der Waals surface area contributed by atoms with Gasteiger partial charge in [-0.3, -0.25) is 0 Å². The quantitative estimate of drug-likeness (QED) is 0.0241. The van der Waals surface area contributed by atoms with Crippen LogP contribution < -0.4 is 30.7 Å². The third-order valence-corrected chi connectivity index (χ3v) is 15.2. The number of fused-ring (bicyclic) bond motifs is 3. The zero-order valence-electron chi connectivity index (χ0n) is 55.9. The Morgan fingerprint density at radius 2 is 0.739 bits per heavy atom. The van der Waals surface area contributed by atoms with E-state index in [0.717, 1.165) is 59.0 Å². The summed E-state index contributed by atoms with van der Waals surface area (Å²) in [5, 5.41) is 48.9. The molecule has 2 atom stereocenters. The lowest BCUT2D eigenvalue weighted by molar-refractivity contribution is 0.177. The van der Waals surface area contributed by atoms with Gasteiger partial charge in [0, 0.05) is 83.6 Å². The van der Waals surface area contributed by atoms with Crippen LogP contribution in [-0.2, 0) is 26.2 Å². The molecule has 0 radical (unpaired) electrons. The number of anilines is 6. The maximum atomic E-state index is 9.94. The molecule has 0 amide bonds. The van der Waals surface area contributed by atoms with Gasteiger partial charge >= 0.3 is 0 Å². The standard InChI is InChI=1S/C27H35N7.C22H32N6O2.C20H28N6O2/c1-20(2)34-19-29-24-25(28-17-22-13-11-21(3)12-14-22)30-27(31-26(24)34)33(16-15-32(4)5)18-23-9-7-6-8-10-23;1-14(2)28-13-24-19-20(23-10-18-8-6-15(3)7-9-18)25-22(26-21(19)28)27(11-16(4)29)12-17(5)30;1-14(2)26-13-22-17-18(21-12-16-6-4-15(3)5-7-16)23-20(24-19(17)26)25(8-10-27)9-11-28/h6-14,19-20H,15-18H2,1-5H3,(H,28,30,31);6-9,13-14,16-17,29-30H,10-12H2,1-5H3,(H,23,25,26);4-7,13-14,27-28H,8-12H2,1-3H3,(H,21,23,24). The monoisotopic (exact) mass is 1250 g/mol.